The van der Waals surface area contributed by atoms with Crippen LogP contribution >= 0.6 is 11.3 Å². The number of rotatable bonds is 10. The van der Waals surface area contributed by atoms with Gasteiger partial charge in [-0.15, -0.1) is 11.3 Å². The van der Waals surface area contributed by atoms with Crippen LogP contribution in [0.5, 0.6) is 11.5 Å². The fraction of sp³-hybridized carbons (Fsp3) is 0.368. The lowest BCUT2D eigenvalue weighted by Gasteiger charge is -2.13. The first kappa shape index (κ1) is 19.8. The highest BCUT2D eigenvalue weighted by Crippen LogP contribution is 2.29. The number of amides is 1. The zero-order chi connectivity index (χ0) is 18.8. The van der Waals surface area contributed by atoms with Crippen LogP contribution < -0.4 is 14.8 Å². The van der Waals surface area contributed by atoms with Crippen LogP contribution in [0.4, 0.5) is 5.69 Å². The molecule has 1 heterocycles. The van der Waals surface area contributed by atoms with Gasteiger partial charge in [-0.25, -0.2) is 0 Å². The molecule has 140 valence electrons. The van der Waals surface area contributed by atoms with Gasteiger partial charge in [-0.2, -0.15) is 0 Å². The van der Waals surface area contributed by atoms with Crippen LogP contribution in [0.1, 0.15) is 25.1 Å². The molecule has 26 heavy (non-hydrogen) atoms. The first-order valence-corrected chi connectivity index (χ1v) is 9.37. The average Bonchev–Trinajstić information content (AvgIpc) is 3.14. The molecule has 1 aromatic carbocycles. The number of carbonyl (C=O) groups excluding carboxylic acids is 2. The van der Waals surface area contributed by atoms with Gasteiger partial charge < -0.3 is 19.5 Å². The van der Waals surface area contributed by atoms with E-state index in [0.29, 0.717) is 36.8 Å². The highest BCUT2D eigenvalue weighted by atomic mass is 32.1. The Morgan fingerprint density at radius 1 is 1.12 bits per heavy atom. The number of hydrogen-bond acceptors (Lipinski definition) is 6. The molecule has 0 aliphatic carbocycles. The van der Waals surface area contributed by atoms with Crippen LogP contribution in [0.15, 0.2) is 35.7 Å². The number of thiophene rings is 1. The summed E-state index contributed by atoms with van der Waals surface area (Å²) in [6.07, 6.45) is 0.862. The van der Waals surface area contributed by atoms with E-state index in [4.69, 9.17) is 14.2 Å². The van der Waals surface area contributed by atoms with E-state index in [0.717, 1.165) is 4.88 Å². The Morgan fingerprint density at radius 2 is 1.92 bits per heavy atom. The topological polar surface area (TPSA) is 73.9 Å². The summed E-state index contributed by atoms with van der Waals surface area (Å²) in [5, 5.41) is 4.66. The summed E-state index contributed by atoms with van der Waals surface area (Å²) >= 11 is 1.59. The molecule has 0 aliphatic rings. The zero-order valence-electron chi connectivity index (χ0n) is 14.9. The quantitative estimate of drug-likeness (QED) is 0.640. The van der Waals surface area contributed by atoms with Crippen molar-refractivity contribution in [1.82, 2.24) is 0 Å². The second-order valence-electron chi connectivity index (χ2n) is 5.31. The molecule has 1 aromatic heterocycles. The van der Waals surface area contributed by atoms with Gasteiger partial charge in [0.05, 0.1) is 25.3 Å². The van der Waals surface area contributed by atoms with Gasteiger partial charge in [-0.3, -0.25) is 9.59 Å². The minimum atomic E-state index is -0.427. The summed E-state index contributed by atoms with van der Waals surface area (Å²) in [4.78, 5) is 25.0. The number of nitrogens with one attached hydrogen (secondary N) is 1. The zero-order valence-corrected chi connectivity index (χ0v) is 15.8. The van der Waals surface area contributed by atoms with Gasteiger partial charge in [0, 0.05) is 10.9 Å². The van der Waals surface area contributed by atoms with Crippen molar-refractivity contribution in [2.45, 2.75) is 26.7 Å². The normalized spacial score (nSPS) is 10.2. The largest absolute Gasteiger partial charge is 0.494 e. The molecule has 0 aliphatic heterocycles. The summed E-state index contributed by atoms with van der Waals surface area (Å²) in [6, 6.07) is 9.09. The third kappa shape index (κ3) is 6.40. The Morgan fingerprint density at radius 3 is 2.62 bits per heavy atom. The molecule has 1 amide bonds. The average molecular weight is 377 g/mol. The first-order chi connectivity index (χ1) is 12.6. The maximum Gasteiger partial charge on any atom is 0.306 e. The van der Waals surface area contributed by atoms with Gasteiger partial charge in [0.2, 0.25) is 0 Å². The summed E-state index contributed by atoms with van der Waals surface area (Å²) < 4.78 is 16.0. The molecule has 0 radical (unpaired) electrons. The third-order valence-corrected chi connectivity index (χ3v) is 4.29. The maximum absolute atomic E-state index is 12.1. The highest BCUT2D eigenvalue weighted by molar-refractivity contribution is 7.09. The fourth-order valence-corrected chi connectivity index (χ4v) is 2.94. The molecular weight excluding hydrogens is 354 g/mol. The second-order valence-corrected chi connectivity index (χ2v) is 6.34. The Kier molecular flexibility index (Phi) is 7.95. The summed E-state index contributed by atoms with van der Waals surface area (Å²) in [7, 11) is 0. The molecule has 0 fully saturated rings. The van der Waals surface area contributed by atoms with Gasteiger partial charge >= 0.3 is 5.97 Å². The SMILES string of the molecule is CCOc1ccc(OCC)c(NC(=O)COC(=O)CCc2cccs2)c1. The molecule has 2 rings (SSSR count). The Bertz CT molecular complexity index is 715. The predicted molar refractivity (Wildman–Crippen MR) is 101 cm³/mol. The number of carbonyl (C=O) groups is 2. The Labute approximate surface area is 157 Å². The molecule has 0 spiro atoms. The summed E-state index contributed by atoms with van der Waals surface area (Å²) in [5.41, 5.74) is 0.484. The van der Waals surface area contributed by atoms with E-state index >= 15 is 0 Å². The smallest absolute Gasteiger partial charge is 0.306 e. The van der Waals surface area contributed by atoms with Crippen LogP contribution in [0.25, 0.3) is 0 Å². The number of ether oxygens (including phenoxy) is 3. The number of anilines is 1. The predicted octanol–water partition coefficient (Wildman–Crippen LogP) is 3.66. The van der Waals surface area contributed by atoms with Crippen molar-refractivity contribution in [1.29, 1.82) is 0 Å². The van der Waals surface area contributed by atoms with E-state index in [1.165, 1.54) is 0 Å². The highest BCUT2D eigenvalue weighted by Gasteiger charge is 2.12. The monoisotopic (exact) mass is 377 g/mol. The van der Waals surface area contributed by atoms with Gasteiger partial charge in [0.15, 0.2) is 6.61 Å². The third-order valence-electron chi connectivity index (χ3n) is 3.36. The van der Waals surface area contributed by atoms with E-state index in [2.05, 4.69) is 5.32 Å². The number of aryl methyl sites for hydroxylation is 1. The van der Waals surface area contributed by atoms with Crippen molar-refractivity contribution in [3.8, 4) is 11.5 Å². The van der Waals surface area contributed by atoms with Crippen LogP contribution in [0.2, 0.25) is 0 Å². The molecule has 0 saturated carbocycles. The van der Waals surface area contributed by atoms with Crippen LogP contribution in [0, 0.1) is 0 Å². The van der Waals surface area contributed by atoms with Crippen LogP contribution in [-0.4, -0.2) is 31.7 Å². The van der Waals surface area contributed by atoms with Crippen molar-refractivity contribution in [2.75, 3.05) is 25.1 Å². The van der Waals surface area contributed by atoms with Gasteiger partial charge in [0.1, 0.15) is 11.5 Å². The molecule has 6 nitrogen and oxygen atoms in total. The number of esters is 1. The van der Waals surface area contributed by atoms with Crippen molar-refractivity contribution in [3.05, 3.63) is 40.6 Å². The van der Waals surface area contributed by atoms with E-state index < -0.39 is 11.9 Å². The summed E-state index contributed by atoms with van der Waals surface area (Å²) in [5.74, 6) is 0.332. The minimum absolute atomic E-state index is 0.248. The lowest BCUT2D eigenvalue weighted by Crippen LogP contribution is -2.21. The second kappa shape index (κ2) is 10.5. The Hall–Kier alpha value is -2.54. The van der Waals surface area contributed by atoms with E-state index in [1.807, 2.05) is 31.4 Å². The number of benzene rings is 1. The lowest BCUT2D eigenvalue weighted by atomic mass is 10.2. The fourth-order valence-electron chi connectivity index (χ4n) is 2.23. The molecule has 0 bridgehead atoms. The molecule has 2 aromatic rings. The molecule has 7 heteroatoms. The minimum Gasteiger partial charge on any atom is -0.494 e. The van der Waals surface area contributed by atoms with E-state index in [1.54, 1.807) is 29.5 Å². The van der Waals surface area contributed by atoms with Gasteiger partial charge in [-0.05, 0) is 43.8 Å². The van der Waals surface area contributed by atoms with Gasteiger partial charge in [-0.1, -0.05) is 6.07 Å². The van der Waals surface area contributed by atoms with Crippen molar-refractivity contribution in [3.63, 3.8) is 0 Å². The van der Waals surface area contributed by atoms with Crippen LogP contribution in [0.3, 0.4) is 0 Å². The molecule has 0 atom stereocenters. The van der Waals surface area contributed by atoms with Crippen molar-refractivity contribution in [2.24, 2.45) is 0 Å². The maximum atomic E-state index is 12.1. The van der Waals surface area contributed by atoms with Crippen molar-refractivity contribution >= 4 is 28.9 Å². The number of hydrogen-bond donors (Lipinski definition) is 1. The van der Waals surface area contributed by atoms with Gasteiger partial charge in [0.25, 0.3) is 5.91 Å². The standard InChI is InChI=1S/C19H23NO5S/c1-3-23-14-7-9-17(24-4-2)16(12-14)20-18(21)13-25-19(22)10-8-15-6-5-11-26-15/h5-7,9,11-12H,3-4,8,10,13H2,1-2H3,(H,20,21). The van der Waals surface area contributed by atoms with E-state index in [9.17, 15) is 9.59 Å². The first-order valence-electron chi connectivity index (χ1n) is 8.49. The molecule has 1 N–H and O–H groups in total. The Balaban J connectivity index is 1.85. The van der Waals surface area contributed by atoms with Crippen LogP contribution in [-0.2, 0) is 20.7 Å². The van der Waals surface area contributed by atoms with E-state index in [-0.39, 0.29) is 13.0 Å². The molecule has 0 saturated heterocycles. The summed E-state index contributed by atoms with van der Waals surface area (Å²) in [6.45, 7) is 4.38. The molecular formula is C19H23NO5S. The molecule has 0 unspecified atom stereocenters. The lowest BCUT2D eigenvalue weighted by molar-refractivity contribution is -0.147. The van der Waals surface area contributed by atoms with Crippen molar-refractivity contribution < 1.29 is 23.8 Å².